The Morgan fingerprint density at radius 1 is 1.21 bits per heavy atom. The van der Waals surface area contributed by atoms with Gasteiger partial charge in [0, 0.05) is 36.6 Å². The number of ether oxygens (including phenoxy) is 1. The van der Waals surface area contributed by atoms with Gasteiger partial charge >= 0.3 is 0 Å². The van der Waals surface area contributed by atoms with E-state index in [2.05, 4.69) is 15.7 Å². The summed E-state index contributed by atoms with van der Waals surface area (Å²) in [5, 5.41) is 6.29. The zero-order valence-electron chi connectivity index (χ0n) is 16.9. The van der Waals surface area contributed by atoms with Crippen molar-refractivity contribution in [2.75, 3.05) is 26.2 Å². The molecule has 1 aliphatic heterocycles. The third-order valence-corrected chi connectivity index (χ3v) is 6.13. The van der Waals surface area contributed by atoms with Crippen LogP contribution in [0.5, 0.6) is 5.75 Å². The Morgan fingerprint density at radius 2 is 1.97 bits per heavy atom. The molecule has 1 fully saturated rings. The second-order valence-corrected chi connectivity index (χ2v) is 8.33. The topological polar surface area (TPSA) is 71.5 Å². The van der Waals surface area contributed by atoms with Gasteiger partial charge in [0.2, 0.25) is 5.91 Å². The minimum Gasteiger partial charge on any atom is -0.484 e. The molecule has 1 aromatic carbocycles. The standard InChI is InChI=1S/C22H29N3O3S/c1-17-16-29-20(24-17)9-5-6-12-23-22(27)18-10-13-25(14-11-18)21(26)15-28-19-7-3-2-4-8-19/h2-4,7-8,16,18H,5-6,9-15H2,1H3,(H,23,27). The molecule has 0 spiro atoms. The van der Waals surface area contributed by atoms with Crippen molar-refractivity contribution in [2.24, 2.45) is 5.92 Å². The number of nitrogens with one attached hydrogen (secondary N) is 1. The number of likely N-dealkylation sites (tertiary alicyclic amines) is 1. The number of aromatic nitrogens is 1. The summed E-state index contributed by atoms with van der Waals surface area (Å²) in [6.07, 6.45) is 4.38. The summed E-state index contributed by atoms with van der Waals surface area (Å²) in [4.78, 5) is 30.9. The molecule has 7 heteroatoms. The number of carbonyl (C=O) groups is 2. The highest BCUT2D eigenvalue weighted by molar-refractivity contribution is 7.09. The summed E-state index contributed by atoms with van der Waals surface area (Å²) in [6.45, 7) is 3.97. The Bertz CT molecular complexity index is 786. The summed E-state index contributed by atoms with van der Waals surface area (Å²) in [5.41, 5.74) is 1.08. The van der Waals surface area contributed by atoms with Crippen molar-refractivity contribution in [3.63, 3.8) is 0 Å². The molecule has 0 aliphatic carbocycles. The Kier molecular flexibility index (Phi) is 8.04. The Labute approximate surface area is 176 Å². The molecule has 6 nitrogen and oxygen atoms in total. The zero-order chi connectivity index (χ0) is 20.5. The summed E-state index contributed by atoms with van der Waals surface area (Å²) < 4.78 is 5.53. The van der Waals surface area contributed by atoms with Gasteiger partial charge in [-0.15, -0.1) is 11.3 Å². The highest BCUT2D eigenvalue weighted by atomic mass is 32.1. The Balaban J connectivity index is 1.28. The van der Waals surface area contributed by atoms with Crippen molar-refractivity contribution in [3.05, 3.63) is 46.4 Å². The van der Waals surface area contributed by atoms with Crippen LogP contribution in [-0.4, -0.2) is 47.9 Å². The van der Waals surface area contributed by atoms with E-state index in [0.29, 0.717) is 38.2 Å². The molecule has 3 rings (SSSR count). The van der Waals surface area contributed by atoms with E-state index < -0.39 is 0 Å². The highest BCUT2D eigenvalue weighted by Gasteiger charge is 2.27. The fraction of sp³-hybridized carbons (Fsp3) is 0.500. The molecule has 1 saturated heterocycles. The smallest absolute Gasteiger partial charge is 0.260 e. The second-order valence-electron chi connectivity index (χ2n) is 7.39. The van der Waals surface area contributed by atoms with Crippen molar-refractivity contribution in [1.82, 2.24) is 15.2 Å². The minimum atomic E-state index is -0.0230. The van der Waals surface area contributed by atoms with Crippen LogP contribution in [0.15, 0.2) is 35.7 Å². The number of rotatable bonds is 9. The molecule has 29 heavy (non-hydrogen) atoms. The molecule has 1 N–H and O–H groups in total. The molecule has 2 amide bonds. The predicted molar refractivity (Wildman–Crippen MR) is 114 cm³/mol. The first kappa shape index (κ1) is 21.3. The molecule has 0 saturated carbocycles. The SMILES string of the molecule is Cc1csc(CCCCNC(=O)C2CCN(C(=O)COc3ccccc3)CC2)n1. The van der Waals surface area contributed by atoms with Crippen LogP contribution in [0.25, 0.3) is 0 Å². The number of nitrogens with zero attached hydrogens (tertiary/aromatic N) is 2. The Morgan fingerprint density at radius 3 is 2.66 bits per heavy atom. The summed E-state index contributed by atoms with van der Waals surface area (Å²) in [5.74, 6) is 0.781. The van der Waals surface area contributed by atoms with Gasteiger partial charge in [0.25, 0.3) is 5.91 Å². The van der Waals surface area contributed by atoms with Gasteiger partial charge < -0.3 is 15.0 Å². The van der Waals surface area contributed by atoms with Gasteiger partial charge in [-0.25, -0.2) is 4.98 Å². The lowest BCUT2D eigenvalue weighted by molar-refractivity contribution is -0.137. The first-order valence-electron chi connectivity index (χ1n) is 10.3. The molecule has 2 heterocycles. The molecule has 0 radical (unpaired) electrons. The van der Waals surface area contributed by atoms with E-state index in [9.17, 15) is 9.59 Å². The second kappa shape index (κ2) is 11.0. The first-order valence-corrected chi connectivity index (χ1v) is 11.1. The van der Waals surface area contributed by atoms with Gasteiger partial charge in [0.05, 0.1) is 5.01 Å². The predicted octanol–water partition coefficient (Wildman–Crippen LogP) is 3.21. The molecule has 156 valence electrons. The van der Waals surface area contributed by atoms with Crippen LogP contribution >= 0.6 is 11.3 Å². The van der Waals surface area contributed by atoms with Crippen molar-refractivity contribution in [1.29, 1.82) is 0 Å². The first-order chi connectivity index (χ1) is 14.1. The van der Waals surface area contributed by atoms with Gasteiger partial charge in [0.1, 0.15) is 5.75 Å². The van der Waals surface area contributed by atoms with Gasteiger partial charge in [-0.3, -0.25) is 9.59 Å². The minimum absolute atomic E-state index is 0.00398. The van der Waals surface area contributed by atoms with Gasteiger partial charge in [-0.1, -0.05) is 18.2 Å². The number of carbonyl (C=O) groups excluding carboxylic acids is 2. The summed E-state index contributed by atoms with van der Waals surface area (Å²) in [7, 11) is 0. The lowest BCUT2D eigenvalue weighted by atomic mass is 9.96. The van der Waals surface area contributed by atoms with Crippen LogP contribution < -0.4 is 10.1 Å². The average molecular weight is 416 g/mol. The van der Waals surface area contributed by atoms with E-state index in [1.54, 1.807) is 16.2 Å². The summed E-state index contributed by atoms with van der Waals surface area (Å²) in [6, 6.07) is 9.34. The normalized spacial score (nSPS) is 14.6. The van der Waals surface area contributed by atoms with Crippen LogP contribution in [0.4, 0.5) is 0 Å². The lowest BCUT2D eigenvalue weighted by Crippen LogP contribution is -2.44. The largest absolute Gasteiger partial charge is 0.484 e. The molecule has 0 bridgehead atoms. The number of unbranched alkanes of at least 4 members (excludes halogenated alkanes) is 1. The molecule has 0 atom stereocenters. The van der Waals surface area contributed by atoms with Gasteiger partial charge in [-0.2, -0.15) is 0 Å². The third-order valence-electron chi connectivity index (χ3n) is 5.11. The van der Waals surface area contributed by atoms with Crippen LogP contribution in [0, 0.1) is 12.8 Å². The van der Waals surface area contributed by atoms with Crippen molar-refractivity contribution in [2.45, 2.75) is 39.0 Å². The number of thiazole rings is 1. The maximum atomic E-state index is 12.4. The number of hydrogen-bond acceptors (Lipinski definition) is 5. The Hall–Kier alpha value is -2.41. The number of amides is 2. The van der Waals surface area contributed by atoms with Crippen molar-refractivity contribution >= 4 is 23.2 Å². The number of hydrogen-bond donors (Lipinski definition) is 1. The molecular formula is C22H29N3O3S. The van der Waals surface area contributed by atoms with Crippen LogP contribution in [0.3, 0.4) is 0 Å². The van der Waals surface area contributed by atoms with Crippen LogP contribution in [0.1, 0.15) is 36.4 Å². The number of benzene rings is 1. The van der Waals surface area contributed by atoms with E-state index in [0.717, 1.165) is 25.0 Å². The highest BCUT2D eigenvalue weighted by Crippen LogP contribution is 2.18. The molecular weight excluding hydrogens is 386 g/mol. The van der Waals surface area contributed by atoms with Crippen LogP contribution in [0.2, 0.25) is 0 Å². The van der Waals surface area contributed by atoms with E-state index in [-0.39, 0.29) is 24.3 Å². The van der Waals surface area contributed by atoms with E-state index in [1.807, 2.05) is 37.3 Å². The fourth-order valence-electron chi connectivity index (χ4n) is 3.42. The van der Waals surface area contributed by atoms with Gasteiger partial charge in [0.15, 0.2) is 6.61 Å². The molecule has 0 unspecified atom stereocenters. The number of para-hydroxylation sites is 1. The lowest BCUT2D eigenvalue weighted by Gasteiger charge is -2.31. The third kappa shape index (κ3) is 6.85. The molecule has 1 aromatic heterocycles. The monoisotopic (exact) mass is 415 g/mol. The van der Waals surface area contributed by atoms with Crippen LogP contribution in [-0.2, 0) is 16.0 Å². The molecule has 1 aliphatic rings. The van der Waals surface area contributed by atoms with Crippen molar-refractivity contribution < 1.29 is 14.3 Å². The maximum absolute atomic E-state index is 12.4. The van der Waals surface area contributed by atoms with Crippen molar-refractivity contribution in [3.8, 4) is 5.75 Å². The number of piperidine rings is 1. The maximum Gasteiger partial charge on any atom is 0.260 e. The zero-order valence-corrected chi connectivity index (χ0v) is 17.7. The van der Waals surface area contributed by atoms with E-state index >= 15 is 0 Å². The fourth-order valence-corrected chi connectivity index (χ4v) is 4.24. The number of aryl methyl sites for hydroxylation is 2. The summed E-state index contributed by atoms with van der Waals surface area (Å²) >= 11 is 1.70. The average Bonchev–Trinajstić information content (AvgIpc) is 3.17. The van der Waals surface area contributed by atoms with E-state index in [4.69, 9.17) is 4.74 Å². The van der Waals surface area contributed by atoms with Gasteiger partial charge in [-0.05, 0) is 51.2 Å². The van der Waals surface area contributed by atoms with E-state index in [1.165, 1.54) is 5.01 Å². The quantitative estimate of drug-likeness (QED) is 0.639. The molecule has 2 aromatic rings.